The Morgan fingerprint density at radius 1 is 1.12 bits per heavy atom. The normalized spacial score (nSPS) is 10.8. The molecule has 0 atom stereocenters. The van der Waals surface area contributed by atoms with Crippen LogP contribution in [0.4, 0.5) is 11.4 Å². The Bertz CT molecular complexity index is 1110. The SMILES string of the molecule is N=C(c1n[nH]c2cc(Nc3ccccc3C(=O)O)ccc12)n1cccc1. The zero-order valence-electron chi connectivity index (χ0n) is 13.6. The fourth-order valence-electron chi connectivity index (χ4n) is 2.82. The molecule has 0 spiro atoms. The monoisotopic (exact) mass is 345 g/mol. The number of aromatic amines is 1. The minimum atomic E-state index is -0.988. The number of H-pyrrole nitrogens is 1. The first-order valence-corrected chi connectivity index (χ1v) is 7.93. The molecule has 0 unspecified atom stereocenters. The molecule has 0 radical (unpaired) electrons. The van der Waals surface area contributed by atoms with Crippen LogP contribution in [0, 0.1) is 5.41 Å². The van der Waals surface area contributed by atoms with Crippen molar-refractivity contribution in [3.05, 3.63) is 78.2 Å². The van der Waals surface area contributed by atoms with Crippen LogP contribution in [-0.2, 0) is 0 Å². The molecule has 26 heavy (non-hydrogen) atoms. The summed E-state index contributed by atoms with van der Waals surface area (Å²) in [4.78, 5) is 11.3. The number of para-hydroxylation sites is 1. The summed E-state index contributed by atoms with van der Waals surface area (Å²) in [6.07, 6.45) is 3.59. The molecule has 128 valence electrons. The minimum absolute atomic E-state index is 0.201. The highest BCUT2D eigenvalue weighted by Gasteiger charge is 2.13. The average molecular weight is 345 g/mol. The Balaban J connectivity index is 1.68. The van der Waals surface area contributed by atoms with Gasteiger partial charge in [-0.25, -0.2) is 4.79 Å². The van der Waals surface area contributed by atoms with Crippen LogP contribution in [0.3, 0.4) is 0 Å². The zero-order chi connectivity index (χ0) is 18.1. The zero-order valence-corrected chi connectivity index (χ0v) is 13.6. The van der Waals surface area contributed by atoms with E-state index in [1.165, 1.54) is 0 Å². The summed E-state index contributed by atoms with van der Waals surface area (Å²) in [5.74, 6) is -0.712. The lowest BCUT2D eigenvalue weighted by Crippen LogP contribution is -2.10. The summed E-state index contributed by atoms with van der Waals surface area (Å²) in [6, 6.07) is 16.0. The first-order chi connectivity index (χ1) is 12.6. The van der Waals surface area contributed by atoms with Crippen LogP contribution >= 0.6 is 0 Å². The first kappa shape index (κ1) is 15.6. The van der Waals surface area contributed by atoms with Crippen molar-refractivity contribution in [1.82, 2.24) is 14.8 Å². The van der Waals surface area contributed by atoms with Gasteiger partial charge in [0, 0.05) is 23.5 Å². The molecule has 0 saturated carbocycles. The number of benzene rings is 2. The van der Waals surface area contributed by atoms with E-state index in [2.05, 4.69) is 15.5 Å². The van der Waals surface area contributed by atoms with Crippen molar-refractivity contribution in [2.75, 3.05) is 5.32 Å². The second-order valence-electron chi connectivity index (χ2n) is 5.75. The maximum Gasteiger partial charge on any atom is 0.337 e. The number of aromatic carboxylic acids is 1. The minimum Gasteiger partial charge on any atom is -0.478 e. The molecule has 4 N–H and O–H groups in total. The van der Waals surface area contributed by atoms with Gasteiger partial charge in [-0.1, -0.05) is 12.1 Å². The van der Waals surface area contributed by atoms with Gasteiger partial charge >= 0.3 is 5.97 Å². The number of anilines is 2. The average Bonchev–Trinajstić information content (AvgIpc) is 3.31. The molecule has 0 bridgehead atoms. The van der Waals surface area contributed by atoms with Crippen LogP contribution < -0.4 is 5.32 Å². The molecule has 7 heteroatoms. The number of carboxylic acid groups (broad SMARTS) is 1. The number of nitrogens with one attached hydrogen (secondary N) is 3. The van der Waals surface area contributed by atoms with E-state index >= 15 is 0 Å². The number of carboxylic acids is 1. The van der Waals surface area contributed by atoms with Crippen molar-refractivity contribution >= 4 is 34.1 Å². The van der Waals surface area contributed by atoms with Crippen LogP contribution in [0.15, 0.2) is 67.0 Å². The van der Waals surface area contributed by atoms with Crippen molar-refractivity contribution in [1.29, 1.82) is 5.41 Å². The van der Waals surface area contributed by atoms with E-state index < -0.39 is 5.97 Å². The van der Waals surface area contributed by atoms with Crippen molar-refractivity contribution in [2.24, 2.45) is 0 Å². The Morgan fingerprint density at radius 3 is 2.65 bits per heavy atom. The van der Waals surface area contributed by atoms with Crippen LogP contribution in [0.2, 0.25) is 0 Å². The quantitative estimate of drug-likeness (QED) is 0.334. The number of fused-ring (bicyclic) bond motifs is 1. The molecule has 0 aliphatic carbocycles. The molecule has 0 fully saturated rings. The second kappa shape index (κ2) is 6.21. The lowest BCUT2D eigenvalue weighted by molar-refractivity contribution is 0.0698. The number of nitrogens with zero attached hydrogens (tertiary/aromatic N) is 2. The van der Waals surface area contributed by atoms with Crippen LogP contribution in [0.5, 0.6) is 0 Å². The summed E-state index contributed by atoms with van der Waals surface area (Å²) in [5, 5.41) is 28.7. The highest BCUT2D eigenvalue weighted by atomic mass is 16.4. The molecule has 0 saturated heterocycles. The predicted molar refractivity (Wildman–Crippen MR) is 99.4 cm³/mol. The maximum absolute atomic E-state index is 11.3. The third-order valence-electron chi connectivity index (χ3n) is 4.09. The molecule has 7 nitrogen and oxygen atoms in total. The van der Waals surface area contributed by atoms with Crippen molar-refractivity contribution in [2.45, 2.75) is 0 Å². The Hall–Kier alpha value is -3.87. The highest BCUT2D eigenvalue weighted by Crippen LogP contribution is 2.25. The summed E-state index contributed by atoms with van der Waals surface area (Å²) in [5.41, 5.74) is 2.75. The van der Waals surface area contributed by atoms with Crippen molar-refractivity contribution in [3.8, 4) is 0 Å². The third-order valence-corrected chi connectivity index (χ3v) is 4.09. The van der Waals surface area contributed by atoms with Gasteiger partial charge in [-0.15, -0.1) is 0 Å². The van der Waals surface area contributed by atoms with E-state index in [9.17, 15) is 9.90 Å². The Kier molecular flexibility index (Phi) is 3.74. The van der Waals surface area contributed by atoms with Crippen LogP contribution in [0.25, 0.3) is 10.9 Å². The smallest absolute Gasteiger partial charge is 0.337 e. The molecule has 2 aromatic carbocycles. The van der Waals surface area contributed by atoms with Crippen LogP contribution in [0.1, 0.15) is 16.1 Å². The molecule has 2 heterocycles. The molecular weight excluding hydrogens is 330 g/mol. The fourth-order valence-corrected chi connectivity index (χ4v) is 2.82. The summed E-state index contributed by atoms with van der Waals surface area (Å²) < 4.78 is 1.69. The van der Waals surface area contributed by atoms with Gasteiger partial charge in [0.2, 0.25) is 0 Å². The standard InChI is InChI=1S/C19H15N5O2/c20-18(24-9-3-4-10-24)17-13-8-7-12(11-16(13)22-23-17)21-15-6-2-1-5-14(15)19(25)26/h1-11,20-21H,(H,22,23)(H,25,26). The number of hydrogen-bond donors (Lipinski definition) is 4. The summed E-state index contributed by atoms with van der Waals surface area (Å²) in [7, 11) is 0. The topological polar surface area (TPSA) is 107 Å². The number of aromatic nitrogens is 3. The first-order valence-electron chi connectivity index (χ1n) is 7.93. The summed E-state index contributed by atoms with van der Waals surface area (Å²) >= 11 is 0. The third kappa shape index (κ3) is 2.71. The lowest BCUT2D eigenvalue weighted by atomic mass is 10.1. The molecule has 2 aromatic heterocycles. The van der Waals surface area contributed by atoms with Gasteiger partial charge in [0.05, 0.1) is 16.8 Å². The van der Waals surface area contributed by atoms with Crippen molar-refractivity contribution in [3.63, 3.8) is 0 Å². The van der Waals surface area contributed by atoms with E-state index in [-0.39, 0.29) is 11.4 Å². The highest BCUT2D eigenvalue weighted by molar-refractivity contribution is 6.07. The second-order valence-corrected chi connectivity index (χ2v) is 5.75. The van der Waals surface area contributed by atoms with Gasteiger partial charge in [-0.05, 0) is 42.5 Å². The number of carbonyl (C=O) groups is 1. The molecule has 0 amide bonds. The van der Waals surface area contributed by atoms with Gasteiger partial charge < -0.3 is 15.0 Å². The van der Waals surface area contributed by atoms with Gasteiger partial charge in [0.15, 0.2) is 5.84 Å². The largest absolute Gasteiger partial charge is 0.478 e. The van der Waals surface area contributed by atoms with E-state index in [0.717, 1.165) is 16.6 Å². The van der Waals surface area contributed by atoms with Crippen molar-refractivity contribution < 1.29 is 9.90 Å². The van der Waals surface area contributed by atoms with Gasteiger partial charge in [0.1, 0.15) is 5.69 Å². The Morgan fingerprint density at radius 2 is 1.88 bits per heavy atom. The number of rotatable bonds is 4. The predicted octanol–water partition coefficient (Wildman–Crippen LogP) is 3.68. The summed E-state index contributed by atoms with van der Waals surface area (Å²) in [6.45, 7) is 0. The lowest BCUT2D eigenvalue weighted by Gasteiger charge is -2.09. The van der Waals surface area contributed by atoms with E-state index in [4.69, 9.17) is 5.41 Å². The van der Waals surface area contributed by atoms with Crippen LogP contribution in [-0.4, -0.2) is 31.7 Å². The van der Waals surface area contributed by atoms with Gasteiger partial charge in [-0.2, -0.15) is 5.10 Å². The fraction of sp³-hybridized carbons (Fsp3) is 0. The molecule has 0 aliphatic rings. The van der Waals surface area contributed by atoms with E-state index in [1.807, 2.05) is 30.3 Å². The van der Waals surface area contributed by atoms with E-state index in [0.29, 0.717) is 11.4 Å². The number of hydrogen-bond acceptors (Lipinski definition) is 4. The molecule has 0 aliphatic heterocycles. The molecular formula is C19H15N5O2. The maximum atomic E-state index is 11.3. The van der Waals surface area contributed by atoms with Gasteiger partial charge in [-0.3, -0.25) is 10.5 Å². The van der Waals surface area contributed by atoms with Gasteiger partial charge in [0.25, 0.3) is 0 Å². The van der Waals surface area contributed by atoms with E-state index in [1.54, 1.807) is 41.2 Å². The molecule has 4 aromatic rings. The molecule has 4 rings (SSSR count). The Labute approximate surface area is 148 Å².